The zero-order valence-corrected chi connectivity index (χ0v) is 19.2. The summed E-state index contributed by atoms with van der Waals surface area (Å²) in [6.45, 7) is 4.22. The first-order valence-electron chi connectivity index (χ1n) is 11.9. The van der Waals surface area contributed by atoms with Crippen LogP contribution in [0.5, 0.6) is 0 Å². The summed E-state index contributed by atoms with van der Waals surface area (Å²) in [6.07, 6.45) is 14.4. The van der Waals surface area contributed by atoms with Crippen molar-refractivity contribution in [2.45, 2.75) is 84.5 Å². The molecule has 0 fully saturated rings. The van der Waals surface area contributed by atoms with Crippen molar-refractivity contribution in [1.29, 1.82) is 0 Å². The van der Waals surface area contributed by atoms with Crippen molar-refractivity contribution in [3.63, 3.8) is 0 Å². The number of hydrogen-bond donors (Lipinski definition) is 2. The number of carbonyl (C=O) groups is 2. The summed E-state index contributed by atoms with van der Waals surface area (Å²) in [4.78, 5) is 24.4. The molecule has 168 valence electrons. The van der Waals surface area contributed by atoms with E-state index in [2.05, 4.69) is 17.8 Å². The summed E-state index contributed by atoms with van der Waals surface area (Å²) in [5.74, 6) is -0.642. The van der Waals surface area contributed by atoms with E-state index in [1.165, 1.54) is 69.8 Å². The Morgan fingerprint density at radius 3 is 1.52 bits per heavy atom. The van der Waals surface area contributed by atoms with Gasteiger partial charge in [-0.2, -0.15) is 0 Å². The van der Waals surface area contributed by atoms with Gasteiger partial charge in [0.2, 0.25) is 0 Å². The molecule has 0 aromatic heterocycles. The van der Waals surface area contributed by atoms with Crippen molar-refractivity contribution in [3.8, 4) is 0 Å². The van der Waals surface area contributed by atoms with Crippen LogP contribution < -0.4 is 10.9 Å². The molecule has 2 aromatic rings. The molecule has 0 atom stereocenters. The maximum absolute atomic E-state index is 12.3. The molecular weight excluding hydrogens is 384 g/mol. The lowest BCUT2D eigenvalue weighted by atomic mass is 10.0. The van der Waals surface area contributed by atoms with Crippen LogP contribution in [-0.4, -0.2) is 11.8 Å². The third-order valence-corrected chi connectivity index (χ3v) is 5.64. The lowest BCUT2D eigenvalue weighted by Crippen LogP contribution is -2.41. The number of amides is 2. The summed E-state index contributed by atoms with van der Waals surface area (Å²) in [6, 6.07) is 14.8. The Kier molecular flexibility index (Phi) is 11.4. The Hall–Kier alpha value is -2.62. The highest BCUT2D eigenvalue weighted by molar-refractivity contribution is 5.99. The van der Waals surface area contributed by atoms with Crippen LogP contribution in [0.25, 0.3) is 0 Å². The van der Waals surface area contributed by atoms with E-state index in [0.29, 0.717) is 11.1 Å². The molecule has 0 spiro atoms. The SMILES string of the molecule is CCCCCCCCCCCCc1ccc(C(=O)NNC(=O)c2ccc(C)cc2)cc1. The van der Waals surface area contributed by atoms with Crippen molar-refractivity contribution in [2.24, 2.45) is 0 Å². The smallest absolute Gasteiger partial charge is 0.267 e. The summed E-state index contributed by atoms with van der Waals surface area (Å²) < 4.78 is 0. The highest BCUT2D eigenvalue weighted by Gasteiger charge is 2.09. The van der Waals surface area contributed by atoms with Crippen LogP contribution in [0.3, 0.4) is 0 Å². The van der Waals surface area contributed by atoms with Crippen LogP contribution in [0.4, 0.5) is 0 Å². The average Bonchev–Trinajstić information content (AvgIpc) is 2.79. The van der Waals surface area contributed by atoms with E-state index in [0.717, 1.165) is 12.0 Å². The summed E-state index contributed by atoms with van der Waals surface area (Å²) in [5.41, 5.74) is 8.33. The summed E-state index contributed by atoms with van der Waals surface area (Å²) >= 11 is 0. The molecular formula is C27H38N2O2. The van der Waals surface area contributed by atoms with Crippen molar-refractivity contribution < 1.29 is 9.59 Å². The number of benzene rings is 2. The van der Waals surface area contributed by atoms with Gasteiger partial charge in [-0.1, -0.05) is 94.5 Å². The van der Waals surface area contributed by atoms with Gasteiger partial charge in [0.25, 0.3) is 11.8 Å². The van der Waals surface area contributed by atoms with Crippen molar-refractivity contribution >= 4 is 11.8 Å². The minimum Gasteiger partial charge on any atom is -0.267 e. The molecule has 0 bridgehead atoms. The van der Waals surface area contributed by atoms with E-state index in [1.54, 1.807) is 12.1 Å². The molecule has 0 saturated heterocycles. The van der Waals surface area contributed by atoms with E-state index < -0.39 is 0 Å². The monoisotopic (exact) mass is 422 g/mol. The Bertz CT molecular complexity index is 782. The third kappa shape index (κ3) is 9.82. The molecule has 0 saturated carbocycles. The van der Waals surface area contributed by atoms with Gasteiger partial charge < -0.3 is 0 Å². The van der Waals surface area contributed by atoms with Gasteiger partial charge in [0, 0.05) is 11.1 Å². The van der Waals surface area contributed by atoms with E-state index in [1.807, 2.05) is 43.3 Å². The number of aryl methyl sites for hydroxylation is 2. The van der Waals surface area contributed by atoms with E-state index >= 15 is 0 Å². The average molecular weight is 423 g/mol. The molecule has 2 N–H and O–H groups in total. The number of unbranched alkanes of at least 4 members (excludes halogenated alkanes) is 9. The maximum Gasteiger partial charge on any atom is 0.269 e. The molecule has 2 aromatic carbocycles. The molecule has 0 aliphatic heterocycles. The van der Waals surface area contributed by atoms with Gasteiger partial charge in [-0.05, 0) is 49.6 Å². The van der Waals surface area contributed by atoms with E-state index in [4.69, 9.17) is 0 Å². The van der Waals surface area contributed by atoms with E-state index in [9.17, 15) is 9.59 Å². The molecule has 2 amide bonds. The van der Waals surface area contributed by atoms with Gasteiger partial charge in [-0.3, -0.25) is 20.4 Å². The Morgan fingerprint density at radius 1 is 0.613 bits per heavy atom. The second kappa shape index (κ2) is 14.4. The summed E-state index contributed by atoms with van der Waals surface area (Å²) in [7, 11) is 0. The second-order valence-electron chi connectivity index (χ2n) is 8.40. The number of hydrogen-bond acceptors (Lipinski definition) is 2. The predicted molar refractivity (Wildman–Crippen MR) is 128 cm³/mol. The van der Waals surface area contributed by atoms with Crippen LogP contribution in [0.15, 0.2) is 48.5 Å². The number of carbonyl (C=O) groups excluding carboxylic acids is 2. The Morgan fingerprint density at radius 2 is 1.03 bits per heavy atom. The molecule has 0 aliphatic carbocycles. The molecule has 0 unspecified atom stereocenters. The fourth-order valence-electron chi connectivity index (χ4n) is 3.60. The predicted octanol–water partition coefficient (Wildman–Crippen LogP) is 6.53. The fraction of sp³-hybridized carbons (Fsp3) is 0.481. The van der Waals surface area contributed by atoms with Gasteiger partial charge >= 0.3 is 0 Å². The van der Waals surface area contributed by atoms with Crippen LogP contribution in [0.2, 0.25) is 0 Å². The topological polar surface area (TPSA) is 58.2 Å². The lowest BCUT2D eigenvalue weighted by Gasteiger charge is -2.08. The van der Waals surface area contributed by atoms with Gasteiger partial charge in [0.15, 0.2) is 0 Å². The first-order chi connectivity index (χ1) is 15.1. The molecule has 2 rings (SSSR count). The first-order valence-corrected chi connectivity index (χ1v) is 11.9. The zero-order valence-electron chi connectivity index (χ0n) is 19.2. The van der Waals surface area contributed by atoms with Crippen molar-refractivity contribution in [1.82, 2.24) is 10.9 Å². The first kappa shape index (κ1) is 24.6. The van der Waals surface area contributed by atoms with Gasteiger partial charge in [-0.25, -0.2) is 0 Å². The quantitative estimate of drug-likeness (QED) is 0.285. The van der Waals surface area contributed by atoms with Crippen LogP contribution in [-0.2, 0) is 6.42 Å². The molecule has 4 heteroatoms. The lowest BCUT2D eigenvalue weighted by molar-refractivity contribution is 0.0846. The zero-order chi connectivity index (χ0) is 22.3. The van der Waals surface area contributed by atoms with Crippen LogP contribution >= 0.6 is 0 Å². The minimum atomic E-state index is -0.328. The molecule has 0 aliphatic rings. The molecule has 31 heavy (non-hydrogen) atoms. The molecule has 0 radical (unpaired) electrons. The van der Waals surface area contributed by atoms with E-state index in [-0.39, 0.29) is 11.8 Å². The van der Waals surface area contributed by atoms with Crippen LogP contribution in [0, 0.1) is 6.92 Å². The van der Waals surface area contributed by atoms with Crippen molar-refractivity contribution in [3.05, 3.63) is 70.8 Å². The Balaban J connectivity index is 1.60. The standard InChI is InChI=1S/C27H38N2O2/c1-3-4-5-6-7-8-9-10-11-12-13-23-16-20-25(21-17-23)27(31)29-28-26(30)24-18-14-22(2)15-19-24/h14-21H,3-13H2,1-2H3,(H,28,30)(H,29,31). The number of nitrogens with one attached hydrogen (secondary N) is 2. The second-order valence-corrected chi connectivity index (χ2v) is 8.40. The largest absolute Gasteiger partial charge is 0.269 e. The maximum atomic E-state index is 12.3. The highest BCUT2D eigenvalue weighted by atomic mass is 16.2. The van der Waals surface area contributed by atoms with Gasteiger partial charge in [-0.15, -0.1) is 0 Å². The van der Waals surface area contributed by atoms with Crippen LogP contribution in [0.1, 0.15) is 103 Å². The van der Waals surface area contributed by atoms with Crippen molar-refractivity contribution in [2.75, 3.05) is 0 Å². The number of rotatable bonds is 13. The minimum absolute atomic E-state index is 0.314. The van der Waals surface area contributed by atoms with Gasteiger partial charge in [0.1, 0.15) is 0 Å². The van der Waals surface area contributed by atoms with Gasteiger partial charge in [0.05, 0.1) is 0 Å². The fourth-order valence-corrected chi connectivity index (χ4v) is 3.60. The number of hydrazine groups is 1. The molecule has 0 heterocycles. The molecule has 4 nitrogen and oxygen atoms in total. The summed E-state index contributed by atoms with van der Waals surface area (Å²) in [5, 5.41) is 0. The normalized spacial score (nSPS) is 10.6. The highest BCUT2D eigenvalue weighted by Crippen LogP contribution is 2.13. The Labute approximate surface area is 187 Å². The third-order valence-electron chi connectivity index (χ3n) is 5.64.